The van der Waals surface area contributed by atoms with Crippen LogP contribution in [0, 0.1) is 18.6 Å². The largest absolute Gasteiger partial charge is 0.464 e. The summed E-state index contributed by atoms with van der Waals surface area (Å²) in [5.41, 5.74) is 5.90. The highest BCUT2D eigenvalue weighted by Crippen LogP contribution is 2.26. The van der Waals surface area contributed by atoms with Gasteiger partial charge in [0, 0.05) is 7.05 Å². The molecule has 0 aliphatic heterocycles. The minimum atomic E-state index is -0.584. The third-order valence-corrected chi connectivity index (χ3v) is 3.08. The van der Waals surface area contributed by atoms with Crippen molar-refractivity contribution in [2.24, 2.45) is 5.73 Å². The molecule has 2 aromatic rings. The summed E-state index contributed by atoms with van der Waals surface area (Å²) in [5, 5.41) is 0. The molecule has 1 aromatic carbocycles. The van der Waals surface area contributed by atoms with Gasteiger partial charge in [-0.3, -0.25) is 0 Å². The van der Waals surface area contributed by atoms with Crippen LogP contribution >= 0.6 is 0 Å². The zero-order chi connectivity index (χ0) is 14.7. The molecular formula is C15H18F2N2O. The van der Waals surface area contributed by atoms with E-state index in [1.165, 1.54) is 17.0 Å². The molecule has 0 atom stereocenters. The maximum absolute atomic E-state index is 14.0. The molecule has 0 saturated heterocycles. The summed E-state index contributed by atoms with van der Waals surface area (Å²) in [5.74, 6) is 0.265. The summed E-state index contributed by atoms with van der Waals surface area (Å²) in [6.07, 6.45) is 0.454. The van der Waals surface area contributed by atoms with Crippen LogP contribution in [0.25, 0.3) is 0 Å². The molecule has 2 N–H and O–H groups in total. The Morgan fingerprint density at radius 1 is 1.20 bits per heavy atom. The lowest BCUT2D eigenvalue weighted by Crippen LogP contribution is -2.19. The Morgan fingerprint density at radius 2 is 1.85 bits per heavy atom. The molecule has 0 unspecified atom stereocenters. The Kier molecular flexibility index (Phi) is 4.39. The van der Waals surface area contributed by atoms with Crippen molar-refractivity contribution in [2.45, 2.75) is 19.9 Å². The normalized spacial score (nSPS) is 10.8. The zero-order valence-corrected chi connectivity index (χ0v) is 11.6. The molecule has 0 radical (unpaired) electrons. The first-order chi connectivity index (χ1) is 9.51. The Labute approximate surface area is 117 Å². The van der Waals surface area contributed by atoms with Crippen LogP contribution in [-0.2, 0) is 13.0 Å². The first-order valence-electron chi connectivity index (χ1n) is 6.45. The van der Waals surface area contributed by atoms with Crippen LogP contribution in [0.3, 0.4) is 0 Å². The van der Waals surface area contributed by atoms with Crippen molar-refractivity contribution >= 4 is 5.69 Å². The summed E-state index contributed by atoms with van der Waals surface area (Å²) >= 11 is 0. The minimum absolute atomic E-state index is 0.0557. The van der Waals surface area contributed by atoms with E-state index < -0.39 is 11.6 Å². The molecule has 2 rings (SSSR count). The van der Waals surface area contributed by atoms with Crippen molar-refractivity contribution in [1.82, 2.24) is 0 Å². The van der Waals surface area contributed by atoms with Gasteiger partial charge in [0.25, 0.3) is 0 Å². The van der Waals surface area contributed by atoms with Gasteiger partial charge in [-0.15, -0.1) is 0 Å². The molecule has 3 nitrogen and oxygen atoms in total. The number of anilines is 1. The molecular weight excluding hydrogens is 262 g/mol. The van der Waals surface area contributed by atoms with Gasteiger partial charge in [0.15, 0.2) is 0 Å². The second-order valence-corrected chi connectivity index (χ2v) is 4.82. The fourth-order valence-electron chi connectivity index (χ4n) is 2.18. The van der Waals surface area contributed by atoms with Crippen LogP contribution in [0.5, 0.6) is 0 Å². The van der Waals surface area contributed by atoms with E-state index >= 15 is 0 Å². The highest BCUT2D eigenvalue weighted by atomic mass is 19.1. The SMILES string of the molecule is Cc1ccc(CN(C)c2c(F)cc(CCN)cc2F)o1. The van der Waals surface area contributed by atoms with E-state index in [9.17, 15) is 8.78 Å². The molecule has 0 bridgehead atoms. The van der Waals surface area contributed by atoms with Crippen molar-refractivity contribution in [3.8, 4) is 0 Å². The maximum Gasteiger partial charge on any atom is 0.149 e. The summed E-state index contributed by atoms with van der Waals surface area (Å²) < 4.78 is 33.5. The van der Waals surface area contributed by atoms with Crippen LogP contribution in [0.2, 0.25) is 0 Å². The van der Waals surface area contributed by atoms with Gasteiger partial charge >= 0.3 is 0 Å². The maximum atomic E-state index is 14.0. The van der Waals surface area contributed by atoms with Gasteiger partial charge in [0.1, 0.15) is 28.8 Å². The van der Waals surface area contributed by atoms with Crippen LogP contribution in [0.4, 0.5) is 14.5 Å². The summed E-state index contributed by atoms with van der Waals surface area (Å²) in [4.78, 5) is 1.50. The van der Waals surface area contributed by atoms with Gasteiger partial charge in [-0.1, -0.05) is 0 Å². The van der Waals surface area contributed by atoms with E-state index in [4.69, 9.17) is 10.2 Å². The van der Waals surface area contributed by atoms with Gasteiger partial charge in [0.2, 0.25) is 0 Å². The molecule has 0 aliphatic rings. The highest BCUT2D eigenvalue weighted by molar-refractivity contribution is 5.50. The number of furan rings is 1. The number of hydrogen-bond donors (Lipinski definition) is 1. The lowest BCUT2D eigenvalue weighted by molar-refractivity contribution is 0.478. The Bertz CT molecular complexity index is 572. The molecule has 0 amide bonds. The molecule has 0 saturated carbocycles. The van der Waals surface area contributed by atoms with Crippen molar-refractivity contribution in [2.75, 3.05) is 18.5 Å². The number of halogens is 2. The van der Waals surface area contributed by atoms with Crippen LogP contribution in [0.15, 0.2) is 28.7 Å². The van der Waals surface area contributed by atoms with E-state index in [0.29, 0.717) is 30.8 Å². The Morgan fingerprint density at radius 3 is 2.35 bits per heavy atom. The number of nitrogens with two attached hydrogens (primary N) is 1. The number of benzene rings is 1. The number of aryl methyl sites for hydroxylation is 1. The van der Waals surface area contributed by atoms with E-state index in [-0.39, 0.29) is 5.69 Å². The van der Waals surface area contributed by atoms with Crippen molar-refractivity contribution in [1.29, 1.82) is 0 Å². The second-order valence-electron chi connectivity index (χ2n) is 4.82. The van der Waals surface area contributed by atoms with Gasteiger partial charge in [-0.25, -0.2) is 8.78 Å². The van der Waals surface area contributed by atoms with Crippen LogP contribution in [-0.4, -0.2) is 13.6 Å². The number of hydrogen-bond acceptors (Lipinski definition) is 3. The van der Waals surface area contributed by atoms with E-state index in [0.717, 1.165) is 5.76 Å². The Balaban J connectivity index is 2.23. The van der Waals surface area contributed by atoms with Crippen LogP contribution < -0.4 is 10.6 Å². The fraction of sp³-hybridized carbons (Fsp3) is 0.333. The molecule has 20 heavy (non-hydrogen) atoms. The molecule has 1 aromatic heterocycles. The van der Waals surface area contributed by atoms with Gasteiger partial charge in [-0.05, 0) is 49.7 Å². The number of nitrogens with zero attached hydrogens (tertiary/aromatic N) is 1. The second kappa shape index (κ2) is 6.05. The average molecular weight is 280 g/mol. The first-order valence-corrected chi connectivity index (χ1v) is 6.45. The molecule has 5 heteroatoms. The van der Waals surface area contributed by atoms with Crippen molar-refractivity contribution in [3.63, 3.8) is 0 Å². The molecule has 0 fully saturated rings. The zero-order valence-electron chi connectivity index (χ0n) is 11.6. The summed E-state index contributed by atoms with van der Waals surface area (Å²) in [6.45, 7) is 2.49. The summed E-state index contributed by atoms with van der Waals surface area (Å²) in [7, 11) is 1.63. The lowest BCUT2D eigenvalue weighted by atomic mass is 10.1. The quantitative estimate of drug-likeness (QED) is 0.915. The minimum Gasteiger partial charge on any atom is -0.464 e. The third kappa shape index (κ3) is 3.17. The van der Waals surface area contributed by atoms with E-state index in [1.807, 2.05) is 13.0 Å². The fourth-order valence-corrected chi connectivity index (χ4v) is 2.18. The monoisotopic (exact) mass is 280 g/mol. The van der Waals surface area contributed by atoms with Crippen molar-refractivity contribution in [3.05, 3.63) is 53.0 Å². The first kappa shape index (κ1) is 14.5. The van der Waals surface area contributed by atoms with Gasteiger partial charge in [0.05, 0.1) is 6.54 Å². The molecule has 1 heterocycles. The predicted octanol–water partition coefficient (Wildman–Crippen LogP) is 3.00. The highest BCUT2D eigenvalue weighted by Gasteiger charge is 2.16. The molecule has 0 spiro atoms. The molecule has 108 valence electrons. The summed E-state index contributed by atoms with van der Waals surface area (Å²) in [6, 6.07) is 6.27. The topological polar surface area (TPSA) is 42.4 Å². The van der Waals surface area contributed by atoms with E-state index in [1.54, 1.807) is 13.1 Å². The predicted molar refractivity (Wildman–Crippen MR) is 74.7 cm³/mol. The smallest absolute Gasteiger partial charge is 0.149 e. The van der Waals surface area contributed by atoms with Gasteiger partial charge in [-0.2, -0.15) is 0 Å². The van der Waals surface area contributed by atoms with Crippen LogP contribution in [0.1, 0.15) is 17.1 Å². The van der Waals surface area contributed by atoms with E-state index in [2.05, 4.69) is 0 Å². The van der Waals surface area contributed by atoms with Crippen molar-refractivity contribution < 1.29 is 13.2 Å². The average Bonchev–Trinajstić information content (AvgIpc) is 2.74. The van der Waals surface area contributed by atoms with Gasteiger partial charge < -0.3 is 15.1 Å². The number of rotatable bonds is 5. The Hall–Kier alpha value is -1.88. The lowest BCUT2D eigenvalue weighted by Gasteiger charge is -2.20. The molecule has 0 aliphatic carbocycles. The third-order valence-electron chi connectivity index (χ3n) is 3.08. The standard InChI is InChI=1S/C15H18F2N2O/c1-10-3-4-12(20-10)9-19(2)15-13(16)7-11(5-6-18)8-14(15)17/h3-4,7-8H,5-6,9,18H2,1-2H3.